The molecular formula is C31H35ClFN3O2. The first-order valence-corrected chi connectivity index (χ1v) is 13.4. The lowest BCUT2D eigenvalue weighted by Crippen LogP contribution is -2.11. The first kappa shape index (κ1) is 29.1. The van der Waals surface area contributed by atoms with Crippen LogP contribution in [0.4, 0.5) is 10.1 Å². The molecule has 3 heterocycles. The van der Waals surface area contributed by atoms with Crippen molar-refractivity contribution in [3.63, 3.8) is 0 Å². The van der Waals surface area contributed by atoms with Gasteiger partial charge in [-0.2, -0.15) is 0 Å². The van der Waals surface area contributed by atoms with E-state index >= 15 is 0 Å². The third-order valence-electron chi connectivity index (χ3n) is 6.25. The molecule has 0 bridgehead atoms. The van der Waals surface area contributed by atoms with Crippen LogP contribution in [0, 0.1) is 0 Å². The lowest BCUT2D eigenvalue weighted by atomic mass is 9.97. The summed E-state index contributed by atoms with van der Waals surface area (Å²) in [6, 6.07) is 19.1. The van der Waals surface area contributed by atoms with Crippen LogP contribution in [-0.2, 0) is 6.54 Å². The van der Waals surface area contributed by atoms with Crippen LogP contribution in [-0.4, -0.2) is 34.3 Å². The maximum atomic E-state index is 12.3. The van der Waals surface area contributed by atoms with E-state index in [9.17, 15) is 14.0 Å². The fraction of sp³-hybridized carbons (Fsp3) is 0.323. The summed E-state index contributed by atoms with van der Waals surface area (Å²) in [7, 11) is 0. The number of nitrogens with zero attached hydrogens (tertiary/aromatic N) is 2. The van der Waals surface area contributed by atoms with Crippen LogP contribution in [0.15, 0.2) is 73.1 Å². The standard InChI is InChI=1S/C17H13ClN2O2.C11H15N.C3H7F/c1-11(21)14-9-20(16-8-12(18)5-6-13(14)16)10-17(22)15-4-2-3-7-19-15;1-2-5-9-8-12-11-7-4-3-6-10(9)11;1-2-3-4/h2-9H,10H2,1H3;3-4,6-7,9,12H,2,5,8H2,1H3;2-3H2,1H3. The summed E-state index contributed by atoms with van der Waals surface area (Å²) < 4.78 is 12.5. The number of benzene rings is 2. The van der Waals surface area contributed by atoms with Crippen molar-refractivity contribution >= 4 is 39.8 Å². The molecule has 1 atom stereocenters. The smallest absolute Gasteiger partial charge is 0.200 e. The maximum absolute atomic E-state index is 12.3. The molecule has 0 saturated heterocycles. The van der Waals surface area contributed by atoms with Gasteiger partial charge in [0.2, 0.25) is 5.78 Å². The van der Waals surface area contributed by atoms with Crippen LogP contribution in [0.1, 0.15) is 72.4 Å². The van der Waals surface area contributed by atoms with Crippen molar-refractivity contribution in [2.24, 2.45) is 0 Å². The number of anilines is 1. The molecule has 38 heavy (non-hydrogen) atoms. The van der Waals surface area contributed by atoms with Crippen LogP contribution in [0.2, 0.25) is 5.02 Å². The maximum Gasteiger partial charge on any atom is 0.200 e. The van der Waals surface area contributed by atoms with Crippen molar-refractivity contribution in [2.45, 2.75) is 52.5 Å². The molecule has 1 unspecified atom stereocenters. The molecule has 5 nitrogen and oxygen atoms in total. The molecule has 200 valence electrons. The number of carbonyl (C=O) groups excluding carboxylic acids is 2. The second-order valence-corrected chi connectivity index (χ2v) is 9.61. The van der Waals surface area contributed by atoms with Gasteiger partial charge in [-0.25, -0.2) is 0 Å². The van der Waals surface area contributed by atoms with E-state index in [1.54, 1.807) is 60.3 Å². The van der Waals surface area contributed by atoms with E-state index in [1.165, 1.54) is 31.0 Å². The quantitative estimate of drug-likeness (QED) is 0.242. The minimum atomic E-state index is -0.181. The minimum absolute atomic E-state index is 0.0450. The van der Waals surface area contributed by atoms with Crippen LogP contribution in [0.5, 0.6) is 0 Å². The number of rotatable bonds is 7. The third kappa shape index (κ3) is 7.51. The zero-order chi connectivity index (χ0) is 27.5. The Kier molecular flexibility index (Phi) is 11.0. The first-order chi connectivity index (χ1) is 18.4. The van der Waals surface area contributed by atoms with Crippen molar-refractivity contribution in [3.8, 4) is 0 Å². The third-order valence-corrected chi connectivity index (χ3v) is 6.49. The average molecular weight is 536 g/mol. The molecule has 2 aromatic carbocycles. The van der Waals surface area contributed by atoms with E-state index in [4.69, 9.17) is 11.6 Å². The van der Waals surface area contributed by atoms with Gasteiger partial charge in [-0.1, -0.05) is 62.2 Å². The predicted octanol–water partition coefficient (Wildman–Crippen LogP) is 8.14. The normalized spacial score (nSPS) is 13.4. The molecule has 5 rings (SSSR count). The summed E-state index contributed by atoms with van der Waals surface area (Å²) in [4.78, 5) is 28.1. The van der Waals surface area contributed by atoms with Crippen LogP contribution >= 0.6 is 11.6 Å². The number of Topliss-reactive ketones (excluding diaryl/α,β-unsaturated/α-hetero) is 2. The number of para-hydroxylation sites is 1. The SMILES string of the molecule is CC(=O)c1cn(CC(=O)c2ccccn2)c2cc(Cl)ccc12.CCCC1CNc2ccccc21.CCCF. The van der Waals surface area contributed by atoms with E-state index < -0.39 is 0 Å². The Bertz CT molecular complexity index is 1350. The van der Waals surface area contributed by atoms with Gasteiger partial charge in [0.1, 0.15) is 5.69 Å². The molecule has 0 saturated carbocycles. The van der Waals surface area contributed by atoms with Crippen molar-refractivity contribution in [1.29, 1.82) is 0 Å². The van der Waals surface area contributed by atoms with Crippen molar-refractivity contribution < 1.29 is 14.0 Å². The lowest BCUT2D eigenvalue weighted by Gasteiger charge is -2.06. The number of halogens is 2. The van der Waals surface area contributed by atoms with Gasteiger partial charge in [-0.15, -0.1) is 0 Å². The number of fused-ring (bicyclic) bond motifs is 2. The molecule has 0 aliphatic carbocycles. The first-order valence-electron chi connectivity index (χ1n) is 13.0. The molecule has 1 N–H and O–H groups in total. The lowest BCUT2D eigenvalue weighted by molar-refractivity contribution is 0.0965. The summed E-state index contributed by atoms with van der Waals surface area (Å²) >= 11 is 6.04. The number of hydrogen-bond acceptors (Lipinski definition) is 4. The van der Waals surface area contributed by atoms with E-state index in [1.807, 2.05) is 0 Å². The summed E-state index contributed by atoms with van der Waals surface area (Å²) in [6.45, 7) is 6.63. The molecule has 2 aromatic heterocycles. The highest BCUT2D eigenvalue weighted by Crippen LogP contribution is 2.33. The van der Waals surface area contributed by atoms with Crippen LogP contribution in [0.25, 0.3) is 10.9 Å². The molecule has 1 aliphatic rings. The monoisotopic (exact) mass is 535 g/mol. The number of nitrogens with one attached hydrogen (secondary N) is 1. The highest BCUT2D eigenvalue weighted by atomic mass is 35.5. The molecule has 1 aliphatic heterocycles. The van der Waals surface area contributed by atoms with Gasteiger partial charge in [0.15, 0.2) is 5.78 Å². The molecule has 7 heteroatoms. The number of alkyl halides is 1. The Morgan fingerprint density at radius 2 is 1.82 bits per heavy atom. The Labute approximate surface area is 229 Å². The van der Waals surface area contributed by atoms with Gasteiger partial charge in [-0.3, -0.25) is 19.0 Å². The topological polar surface area (TPSA) is 64.0 Å². The fourth-order valence-corrected chi connectivity index (χ4v) is 4.57. The fourth-order valence-electron chi connectivity index (χ4n) is 4.40. The van der Waals surface area contributed by atoms with Gasteiger partial charge in [0, 0.05) is 46.5 Å². The van der Waals surface area contributed by atoms with E-state index in [-0.39, 0.29) is 24.8 Å². The second kappa shape index (κ2) is 14.4. The van der Waals surface area contributed by atoms with Crippen LogP contribution < -0.4 is 5.32 Å². The van der Waals surface area contributed by atoms with Gasteiger partial charge in [0.25, 0.3) is 0 Å². The molecule has 0 spiro atoms. The number of carbonyl (C=O) groups is 2. The summed E-state index contributed by atoms with van der Waals surface area (Å²) in [5.41, 5.74) is 4.61. The van der Waals surface area contributed by atoms with Gasteiger partial charge < -0.3 is 9.88 Å². The number of hydrogen-bond donors (Lipinski definition) is 1. The average Bonchev–Trinajstić information content (AvgIpc) is 3.51. The second-order valence-electron chi connectivity index (χ2n) is 9.17. The highest BCUT2D eigenvalue weighted by Gasteiger charge is 2.20. The summed E-state index contributed by atoms with van der Waals surface area (Å²) in [5.74, 6) is 0.593. The Balaban J connectivity index is 0.000000209. The Hall–Kier alpha value is -3.51. The number of ketones is 2. The summed E-state index contributed by atoms with van der Waals surface area (Å²) in [5, 5.41) is 4.79. The van der Waals surface area contributed by atoms with E-state index in [0.29, 0.717) is 22.7 Å². The van der Waals surface area contributed by atoms with Crippen molar-refractivity contribution in [3.05, 3.63) is 94.9 Å². The number of pyridine rings is 1. The molecular weight excluding hydrogens is 501 g/mol. The van der Waals surface area contributed by atoms with Crippen molar-refractivity contribution in [2.75, 3.05) is 18.5 Å². The summed E-state index contributed by atoms with van der Waals surface area (Å²) in [6.07, 6.45) is 6.52. The minimum Gasteiger partial charge on any atom is -0.384 e. The van der Waals surface area contributed by atoms with Gasteiger partial charge >= 0.3 is 0 Å². The van der Waals surface area contributed by atoms with Gasteiger partial charge in [-0.05, 0) is 55.7 Å². The van der Waals surface area contributed by atoms with E-state index in [2.05, 4.69) is 41.5 Å². The predicted molar refractivity (Wildman–Crippen MR) is 154 cm³/mol. The van der Waals surface area contributed by atoms with Crippen LogP contribution in [0.3, 0.4) is 0 Å². The van der Waals surface area contributed by atoms with Crippen molar-refractivity contribution in [1.82, 2.24) is 9.55 Å². The van der Waals surface area contributed by atoms with Gasteiger partial charge in [0.05, 0.1) is 18.7 Å². The van der Waals surface area contributed by atoms with E-state index in [0.717, 1.165) is 23.4 Å². The highest BCUT2D eigenvalue weighted by molar-refractivity contribution is 6.31. The molecule has 4 aromatic rings. The zero-order valence-electron chi connectivity index (χ0n) is 22.2. The Morgan fingerprint density at radius 3 is 2.47 bits per heavy atom. The molecule has 0 fully saturated rings. The number of aromatic nitrogens is 2. The Morgan fingerprint density at radius 1 is 1.08 bits per heavy atom. The molecule has 0 radical (unpaired) electrons. The molecule has 0 amide bonds. The largest absolute Gasteiger partial charge is 0.384 e. The zero-order valence-corrected chi connectivity index (χ0v) is 23.0.